The SMILES string of the molecule is [B]1C=CC=CN1Cc1ccccc1. The second-order valence-electron chi connectivity index (χ2n) is 3.03. The summed E-state index contributed by atoms with van der Waals surface area (Å²) < 4.78 is 0. The van der Waals surface area contributed by atoms with Crippen molar-refractivity contribution in [3.05, 3.63) is 60.2 Å². The standard InChI is InChI=1S/C11H11BN/c1-2-6-11(7-3-1)10-13-9-5-4-8-12-13/h1-9H,10H2. The van der Waals surface area contributed by atoms with Crippen LogP contribution in [0.3, 0.4) is 0 Å². The van der Waals surface area contributed by atoms with Gasteiger partial charge in [0.15, 0.2) is 0 Å². The Kier molecular flexibility index (Phi) is 2.51. The van der Waals surface area contributed by atoms with E-state index in [-0.39, 0.29) is 0 Å². The maximum absolute atomic E-state index is 2.16. The topological polar surface area (TPSA) is 3.24 Å². The molecule has 1 aromatic carbocycles. The lowest BCUT2D eigenvalue weighted by Gasteiger charge is -2.19. The van der Waals surface area contributed by atoms with Crippen LogP contribution in [0.1, 0.15) is 5.56 Å². The maximum Gasteiger partial charge on any atom is 0.276 e. The average Bonchev–Trinajstić information content (AvgIpc) is 2.21. The third kappa shape index (κ3) is 2.25. The summed E-state index contributed by atoms with van der Waals surface area (Å²) >= 11 is 0. The lowest BCUT2D eigenvalue weighted by molar-refractivity contribution is 0.587. The van der Waals surface area contributed by atoms with Crippen LogP contribution in [0.4, 0.5) is 0 Å². The molecule has 0 spiro atoms. The zero-order valence-electron chi connectivity index (χ0n) is 7.43. The molecule has 1 nitrogen and oxygen atoms in total. The van der Waals surface area contributed by atoms with Gasteiger partial charge in [-0.15, -0.1) is 0 Å². The van der Waals surface area contributed by atoms with E-state index >= 15 is 0 Å². The van der Waals surface area contributed by atoms with E-state index in [4.69, 9.17) is 0 Å². The molecule has 0 saturated carbocycles. The molecule has 0 atom stereocenters. The van der Waals surface area contributed by atoms with Gasteiger partial charge in [-0.1, -0.05) is 42.4 Å². The summed E-state index contributed by atoms with van der Waals surface area (Å²) in [6.07, 6.45) is 6.15. The fraction of sp³-hybridized carbons (Fsp3) is 0.0909. The van der Waals surface area contributed by atoms with Crippen LogP contribution in [0.15, 0.2) is 54.7 Å². The zero-order valence-corrected chi connectivity index (χ0v) is 7.43. The molecule has 0 bridgehead atoms. The highest BCUT2D eigenvalue weighted by atomic mass is 15.0. The van der Waals surface area contributed by atoms with Crippen molar-refractivity contribution in [2.75, 3.05) is 0 Å². The minimum absolute atomic E-state index is 0.946. The first-order valence-corrected chi connectivity index (χ1v) is 4.43. The predicted octanol–water partition coefficient (Wildman–Crippen LogP) is 2.15. The fourth-order valence-electron chi connectivity index (χ4n) is 1.33. The summed E-state index contributed by atoms with van der Waals surface area (Å²) in [7, 11) is 2.08. The molecule has 1 aromatic rings. The number of nitrogens with zero attached hydrogens (tertiary/aromatic N) is 1. The van der Waals surface area contributed by atoms with Crippen molar-refractivity contribution in [3.63, 3.8) is 0 Å². The summed E-state index contributed by atoms with van der Waals surface area (Å²) in [6, 6.07) is 10.5. The maximum atomic E-state index is 2.16. The first kappa shape index (κ1) is 8.18. The number of hydrogen-bond donors (Lipinski definition) is 0. The predicted molar refractivity (Wildman–Crippen MR) is 56.0 cm³/mol. The van der Waals surface area contributed by atoms with E-state index in [1.54, 1.807) is 0 Å². The normalized spacial score (nSPS) is 14.3. The van der Waals surface area contributed by atoms with E-state index < -0.39 is 0 Å². The number of allylic oxidation sites excluding steroid dienone is 2. The smallest absolute Gasteiger partial charge is 0.276 e. The highest BCUT2D eigenvalue weighted by Crippen LogP contribution is 2.05. The molecule has 0 saturated heterocycles. The Morgan fingerprint density at radius 1 is 1.08 bits per heavy atom. The number of hydrogen-bond acceptors (Lipinski definition) is 1. The van der Waals surface area contributed by atoms with Gasteiger partial charge < -0.3 is 4.81 Å². The molecular formula is C11H11BN. The summed E-state index contributed by atoms with van der Waals surface area (Å²) in [4.78, 5) is 2.16. The van der Waals surface area contributed by atoms with E-state index in [2.05, 4.69) is 42.7 Å². The lowest BCUT2D eigenvalue weighted by Crippen LogP contribution is -2.21. The van der Waals surface area contributed by atoms with Gasteiger partial charge in [-0.2, -0.15) is 0 Å². The molecule has 63 valence electrons. The molecule has 0 amide bonds. The van der Waals surface area contributed by atoms with E-state index in [0.29, 0.717) is 0 Å². The van der Waals surface area contributed by atoms with Gasteiger partial charge >= 0.3 is 0 Å². The van der Waals surface area contributed by atoms with Crippen molar-refractivity contribution >= 4 is 7.41 Å². The van der Waals surface area contributed by atoms with Crippen LogP contribution < -0.4 is 0 Å². The fourth-order valence-corrected chi connectivity index (χ4v) is 1.33. The van der Waals surface area contributed by atoms with Gasteiger partial charge in [0.1, 0.15) is 0 Å². The van der Waals surface area contributed by atoms with Crippen LogP contribution in [-0.2, 0) is 6.54 Å². The van der Waals surface area contributed by atoms with Crippen molar-refractivity contribution in [2.45, 2.75) is 6.54 Å². The first-order chi connectivity index (χ1) is 6.45. The minimum Gasteiger partial charge on any atom is -0.417 e. The molecule has 0 aliphatic carbocycles. The van der Waals surface area contributed by atoms with E-state index in [9.17, 15) is 0 Å². The van der Waals surface area contributed by atoms with Crippen LogP contribution in [-0.4, -0.2) is 12.2 Å². The molecule has 13 heavy (non-hydrogen) atoms. The zero-order chi connectivity index (χ0) is 8.93. The van der Waals surface area contributed by atoms with E-state index in [0.717, 1.165) is 6.54 Å². The summed E-state index contributed by atoms with van der Waals surface area (Å²) in [5.74, 6) is 2.04. The van der Waals surface area contributed by atoms with Gasteiger partial charge in [-0.25, -0.2) is 0 Å². The van der Waals surface area contributed by atoms with Crippen LogP contribution in [0.5, 0.6) is 0 Å². The van der Waals surface area contributed by atoms with Gasteiger partial charge in [0.05, 0.1) is 0 Å². The third-order valence-electron chi connectivity index (χ3n) is 1.99. The molecule has 0 fully saturated rings. The van der Waals surface area contributed by atoms with Crippen LogP contribution >= 0.6 is 0 Å². The van der Waals surface area contributed by atoms with Gasteiger partial charge in [0, 0.05) is 6.54 Å². The summed E-state index contributed by atoms with van der Waals surface area (Å²) in [5, 5.41) is 0. The minimum atomic E-state index is 0.946. The van der Waals surface area contributed by atoms with Crippen molar-refractivity contribution in [1.29, 1.82) is 0 Å². The average molecular weight is 168 g/mol. The molecule has 0 unspecified atom stereocenters. The first-order valence-electron chi connectivity index (χ1n) is 4.43. The highest BCUT2D eigenvalue weighted by molar-refractivity contribution is 6.39. The summed E-state index contributed by atoms with van der Waals surface area (Å²) in [6.45, 7) is 0.946. The Bertz CT molecular complexity index is 316. The van der Waals surface area contributed by atoms with Crippen molar-refractivity contribution in [2.24, 2.45) is 0 Å². The van der Waals surface area contributed by atoms with Crippen molar-refractivity contribution in [3.8, 4) is 0 Å². The van der Waals surface area contributed by atoms with Crippen molar-refractivity contribution in [1.82, 2.24) is 4.81 Å². The Balaban J connectivity index is 1.99. The molecule has 1 aliphatic rings. The molecule has 1 heterocycles. The molecule has 1 aliphatic heterocycles. The largest absolute Gasteiger partial charge is 0.417 e. The monoisotopic (exact) mass is 168 g/mol. The van der Waals surface area contributed by atoms with E-state index in [1.165, 1.54) is 5.56 Å². The van der Waals surface area contributed by atoms with Crippen LogP contribution in [0.2, 0.25) is 0 Å². The van der Waals surface area contributed by atoms with Gasteiger partial charge in [0.2, 0.25) is 0 Å². The summed E-state index contributed by atoms with van der Waals surface area (Å²) in [5.41, 5.74) is 1.33. The van der Waals surface area contributed by atoms with Crippen molar-refractivity contribution < 1.29 is 0 Å². The molecule has 0 aromatic heterocycles. The molecule has 0 N–H and O–H groups in total. The quantitative estimate of drug-likeness (QED) is 0.611. The Morgan fingerprint density at radius 3 is 2.62 bits per heavy atom. The number of rotatable bonds is 2. The second kappa shape index (κ2) is 3.99. The Hall–Kier alpha value is -1.44. The molecule has 2 rings (SSSR count). The van der Waals surface area contributed by atoms with E-state index in [1.807, 2.05) is 24.2 Å². The highest BCUT2D eigenvalue weighted by Gasteiger charge is 2.01. The second-order valence-corrected chi connectivity index (χ2v) is 3.03. The Labute approximate surface area is 79.6 Å². The van der Waals surface area contributed by atoms with Gasteiger partial charge in [0.25, 0.3) is 7.41 Å². The van der Waals surface area contributed by atoms with Gasteiger partial charge in [-0.05, 0) is 17.8 Å². The van der Waals surface area contributed by atoms with Crippen LogP contribution in [0, 0.1) is 0 Å². The van der Waals surface area contributed by atoms with Crippen LogP contribution in [0.25, 0.3) is 0 Å². The molecule has 2 heteroatoms. The Morgan fingerprint density at radius 2 is 1.92 bits per heavy atom. The molecular weight excluding hydrogens is 157 g/mol. The lowest BCUT2D eigenvalue weighted by atomic mass is 9.88. The third-order valence-corrected chi connectivity index (χ3v) is 1.99. The van der Waals surface area contributed by atoms with Gasteiger partial charge in [-0.3, -0.25) is 0 Å². The molecule has 1 radical (unpaired) electrons. The number of benzene rings is 1.